The normalized spacial score (nSPS) is 13.4. The van der Waals surface area contributed by atoms with E-state index in [2.05, 4.69) is 25.1 Å². The second-order valence-corrected chi connectivity index (χ2v) is 7.91. The van der Waals surface area contributed by atoms with Gasteiger partial charge < -0.3 is 19.6 Å². The van der Waals surface area contributed by atoms with Crippen molar-refractivity contribution >= 4 is 11.0 Å². The van der Waals surface area contributed by atoms with E-state index in [4.69, 9.17) is 4.52 Å². The molecule has 4 aromatic heterocycles. The van der Waals surface area contributed by atoms with Crippen LogP contribution in [0.2, 0.25) is 0 Å². The van der Waals surface area contributed by atoms with Crippen LogP contribution in [0.1, 0.15) is 34.0 Å². The van der Waals surface area contributed by atoms with Crippen LogP contribution >= 0.6 is 0 Å². The fourth-order valence-corrected chi connectivity index (χ4v) is 4.29. The summed E-state index contributed by atoms with van der Waals surface area (Å²) in [6.07, 6.45) is 2.94. The summed E-state index contributed by atoms with van der Waals surface area (Å²) in [6, 6.07) is 9.88. The number of rotatable bonds is 4. The maximum atomic E-state index is 15.4. The molecule has 0 saturated carbocycles. The Hall–Kier alpha value is -4.11. The summed E-state index contributed by atoms with van der Waals surface area (Å²) in [5, 5.41) is 16.3. The Morgan fingerprint density at radius 2 is 1.82 bits per heavy atom. The number of hydrogen-bond donors (Lipinski definition) is 3. The second-order valence-electron chi connectivity index (χ2n) is 7.91. The van der Waals surface area contributed by atoms with Crippen molar-refractivity contribution < 1.29 is 14.0 Å². The molecule has 0 aliphatic carbocycles. The number of imidazole rings is 1. The first-order valence-electron chi connectivity index (χ1n) is 10.3. The van der Waals surface area contributed by atoms with E-state index in [1.165, 1.54) is 25.4 Å². The van der Waals surface area contributed by atoms with Gasteiger partial charge in [0, 0.05) is 29.1 Å². The molecule has 3 N–H and O–H groups in total. The van der Waals surface area contributed by atoms with Crippen LogP contribution in [0.15, 0.2) is 58.1 Å². The van der Waals surface area contributed by atoms with Gasteiger partial charge in [-0.05, 0) is 56.7 Å². The largest absolute Gasteiger partial charge is 0.374 e. The Balaban J connectivity index is 1.93. The summed E-state index contributed by atoms with van der Waals surface area (Å²) >= 11 is 0. The number of aliphatic hydroxyl groups is 1. The molecule has 9 heteroatoms. The van der Waals surface area contributed by atoms with Crippen LogP contribution in [0, 0.1) is 26.6 Å². The molecule has 0 spiro atoms. The van der Waals surface area contributed by atoms with E-state index < -0.39 is 17.1 Å². The highest BCUT2D eigenvalue weighted by molar-refractivity contribution is 5.87. The summed E-state index contributed by atoms with van der Waals surface area (Å²) < 4.78 is 20.7. The van der Waals surface area contributed by atoms with Crippen LogP contribution in [0.25, 0.3) is 22.2 Å². The summed E-state index contributed by atoms with van der Waals surface area (Å²) in [5.41, 5.74) is 0.794. The lowest BCUT2D eigenvalue weighted by Gasteiger charge is -2.30. The molecule has 4 heterocycles. The number of benzene rings is 1. The molecule has 5 aromatic rings. The molecule has 0 aliphatic heterocycles. The molecule has 1 aromatic carbocycles. The Kier molecular flexibility index (Phi) is 4.71. The van der Waals surface area contributed by atoms with E-state index in [0.29, 0.717) is 28.1 Å². The van der Waals surface area contributed by atoms with Crippen LogP contribution in [-0.2, 0) is 5.60 Å². The molecule has 5 rings (SSSR count). The van der Waals surface area contributed by atoms with Crippen LogP contribution in [0.4, 0.5) is 4.39 Å². The van der Waals surface area contributed by atoms with Crippen molar-refractivity contribution in [3.05, 3.63) is 99.1 Å². The number of aryl methyl sites for hydroxylation is 3. The van der Waals surface area contributed by atoms with Crippen LogP contribution in [0.3, 0.4) is 0 Å². The minimum absolute atomic E-state index is 0.0343. The van der Waals surface area contributed by atoms with Crippen LogP contribution < -0.4 is 5.69 Å². The third-order valence-electron chi connectivity index (χ3n) is 5.83. The number of fused-ring (bicyclic) bond motifs is 1. The van der Waals surface area contributed by atoms with Gasteiger partial charge in [-0.15, -0.1) is 0 Å². The Morgan fingerprint density at radius 1 is 1.00 bits per heavy atom. The van der Waals surface area contributed by atoms with Crippen molar-refractivity contribution in [3.8, 4) is 11.1 Å². The minimum atomic E-state index is -2.04. The second kappa shape index (κ2) is 7.49. The van der Waals surface area contributed by atoms with Gasteiger partial charge in [0.1, 0.15) is 5.76 Å². The van der Waals surface area contributed by atoms with Gasteiger partial charge in [-0.25, -0.2) is 9.18 Å². The van der Waals surface area contributed by atoms with Gasteiger partial charge in [0.15, 0.2) is 11.4 Å². The number of aromatic nitrogens is 5. The summed E-state index contributed by atoms with van der Waals surface area (Å²) in [5.74, 6) is -0.0950. The number of nitrogens with one attached hydrogen (secondary N) is 2. The molecule has 0 aliphatic rings. The lowest BCUT2D eigenvalue weighted by molar-refractivity contribution is 0.117. The van der Waals surface area contributed by atoms with Crippen LogP contribution in [-0.4, -0.2) is 30.2 Å². The number of aromatic amines is 2. The van der Waals surface area contributed by atoms with E-state index in [1.807, 2.05) is 0 Å². The molecule has 0 fully saturated rings. The van der Waals surface area contributed by atoms with Crippen molar-refractivity contribution in [2.75, 3.05) is 0 Å². The molecule has 0 radical (unpaired) electrons. The molecule has 1 unspecified atom stereocenters. The van der Waals surface area contributed by atoms with E-state index >= 15 is 4.39 Å². The Labute approximate surface area is 187 Å². The minimum Gasteiger partial charge on any atom is -0.374 e. The maximum Gasteiger partial charge on any atom is 0.323 e. The van der Waals surface area contributed by atoms with Gasteiger partial charge in [0.25, 0.3) is 0 Å². The summed E-state index contributed by atoms with van der Waals surface area (Å²) in [7, 11) is 0. The molecule has 8 nitrogen and oxygen atoms in total. The van der Waals surface area contributed by atoms with Gasteiger partial charge in [-0.1, -0.05) is 11.2 Å². The number of nitrogens with zero attached hydrogens (tertiary/aromatic N) is 3. The SMILES string of the molecule is Cc1nccc(C(O)(c2ccccn2)c2cc(-c3c(C)noc3C)cc3[nH]c(=O)[nH]c23)c1F. The first-order valence-corrected chi connectivity index (χ1v) is 10.3. The van der Waals surface area contributed by atoms with E-state index in [1.54, 1.807) is 44.2 Å². The zero-order chi connectivity index (χ0) is 23.3. The first kappa shape index (κ1) is 20.8. The number of pyridine rings is 2. The summed E-state index contributed by atoms with van der Waals surface area (Å²) in [4.78, 5) is 26.1. The molecule has 0 bridgehead atoms. The predicted octanol–water partition coefficient (Wildman–Crippen LogP) is 3.65. The van der Waals surface area contributed by atoms with E-state index in [0.717, 1.165) is 5.56 Å². The lowest BCUT2D eigenvalue weighted by atomic mass is 9.81. The monoisotopic (exact) mass is 445 g/mol. The maximum absolute atomic E-state index is 15.4. The lowest BCUT2D eigenvalue weighted by Crippen LogP contribution is -2.32. The third kappa shape index (κ3) is 3.16. The van der Waals surface area contributed by atoms with E-state index in [-0.39, 0.29) is 22.5 Å². The topological polar surface area (TPSA) is 121 Å². The fraction of sp³-hybridized carbons (Fsp3) is 0.167. The van der Waals surface area contributed by atoms with Gasteiger partial charge >= 0.3 is 5.69 Å². The zero-order valence-corrected chi connectivity index (χ0v) is 18.1. The van der Waals surface area contributed by atoms with Gasteiger partial charge in [-0.3, -0.25) is 9.97 Å². The predicted molar refractivity (Wildman–Crippen MR) is 119 cm³/mol. The first-order chi connectivity index (χ1) is 15.8. The standard InChI is InChI=1S/C24H20FN5O3/c1-12-20(14(3)33-30-12)15-10-17(22-18(11-15)28-23(31)29-22)24(32,19-6-4-5-8-27-19)16-7-9-26-13(2)21(16)25/h4-11,32H,1-3H3,(H2,28,29,31). The molecule has 0 saturated heterocycles. The highest BCUT2D eigenvalue weighted by atomic mass is 19.1. The van der Waals surface area contributed by atoms with Gasteiger partial charge in [-0.2, -0.15) is 0 Å². The zero-order valence-electron chi connectivity index (χ0n) is 18.1. The molecular formula is C24H20FN5O3. The summed E-state index contributed by atoms with van der Waals surface area (Å²) in [6.45, 7) is 5.09. The van der Waals surface area contributed by atoms with Crippen molar-refractivity contribution in [2.24, 2.45) is 0 Å². The Morgan fingerprint density at radius 3 is 2.52 bits per heavy atom. The number of H-pyrrole nitrogens is 2. The molecular weight excluding hydrogens is 425 g/mol. The van der Waals surface area contributed by atoms with Crippen LogP contribution in [0.5, 0.6) is 0 Å². The average Bonchev–Trinajstić information content (AvgIpc) is 3.35. The highest BCUT2D eigenvalue weighted by Crippen LogP contribution is 2.42. The molecule has 166 valence electrons. The Bertz CT molecular complexity index is 1530. The highest BCUT2D eigenvalue weighted by Gasteiger charge is 2.40. The smallest absolute Gasteiger partial charge is 0.323 e. The molecule has 1 atom stereocenters. The van der Waals surface area contributed by atoms with Crippen molar-refractivity contribution in [1.29, 1.82) is 0 Å². The number of hydrogen-bond acceptors (Lipinski definition) is 6. The quantitative estimate of drug-likeness (QED) is 0.388. The van der Waals surface area contributed by atoms with Crippen molar-refractivity contribution in [2.45, 2.75) is 26.4 Å². The average molecular weight is 445 g/mol. The molecule has 33 heavy (non-hydrogen) atoms. The van der Waals surface area contributed by atoms with Gasteiger partial charge in [0.2, 0.25) is 0 Å². The van der Waals surface area contributed by atoms with E-state index in [9.17, 15) is 9.90 Å². The fourth-order valence-electron chi connectivity index (χ4n) is 4.29. The van der Waals surface area contributed by atoms with Gasteiger partial charge in [0.05, 0.1) is 28.1 Å². The number of halogens is 1. The van der Waals surface area contributed by atoms with Crippen molar-refractivity contribution in [1.82, 2.24) is 25.1 Å². The third-order valence-corrected chi connectivity index (χ3v) is 5.83. The van der Waals surface area contributed by atoms with Crippen molar-refractivity contribution in [3.63, 3.8) is 0 Å². The molecule has 0 amide bonds.